The lowest BCUT2D eigenvalue weighted by atomic mass is 10.1. The molecule has 27 heavy (non-hydrogen) atoms. The summed E-state index contributed by atoms with van der Waals surface area (Å²) in [5.41, 5.74) is 1.86. The van der Waals surface area contributed by atoms with Crippen LogP contribution in [-0.4, -0.2) is 31.8 Å². The summed E-state index contributed by atoms with van der Waals surface area (Å²) >= 11 is 10.4. The lowest BCUT2D eigenvalue weighted by Gasteiger charge is -2.15. The molecule has 0 aliphatic carbocycles. The molecule has 4 heterocycles. The standard InChI is InChI=1S/C17H19ClN4O2S3/c1-3-11-9(2)26-15-13(11)16(23)22(7-10-5-4-6-24-10)17(19-15)25-8-12-14(18)27-21-20-12/h10H,3-8H2,1-2H3/t10-/m1/s1. The molecule has 10 heteroatoms. The fraction of sp³-hybridized carbons (Fsp3) is 0.529. The summed E-state index contributed by atoms with van der Waals surface area (Å²) in [6, 6.07) is 0. The summed E-state index contributed by atoms with van der Waals surface area (Å²) < 4.78 is 12.0. The number of hydrogen-bond acceptors (Lipinski definition) is 8. The first-order chi connectivity index (χ1) is 13.1. The molecule has 3 aromatic heterocycles. The third-order valence-corrected chi connectivity index (χ3v) is 7.70. The van der Waals surface area contributed by atoms with E-state index in [1.807, 2.05) is 0 Å². The fourth-order valence-corrected chi connectivity index (χ4v) is 6.23. The van der Waals surface area contributed by atoms with E-state index < -0.39 is 0 Å². The van der Waals surface area contributed by atoms with Gasteiger partial charge in [0.25, 0.3) is 5.56 Å². The average Bonchev–Trinajstić information content (AvgIpc) is 3.36. The molecular weight excluding hydrogens is 424 g/mol. The molecule has 144 valence electrons. The molecule has 6 nitrogen and oxygen atoms in total. The number of rotatable bonds is 6. The van der Waals surface area contributed by atoms with Crippen LogP contribution in [0.3, 0.4) is 0 Å². The zero-order valence-electron chi connectivity index (χ0n) is 15.0. The zero-order valence-corrected chi connectivity index (χ0v) is 18.2. The first-order valence-corrected chi connectivity index (χ1v) is 11.8. The van der Waals surface area contributed by atoms with E-state index in [4.69, 9.17) is 21.3 Å². The number of nitrogens with zero attached hydrogens (tertiary/aromatic N) is 4. The molecule has 0 unspecified atom stereocenters. The summed E-state index contributed by atoms with van der Waals surface area (Å²) in [7, 11) is 0. The summed E-state index contributed by atoms with van der Waals surface area (Å²) in [6.07, 6.45) is 2.90. The highest BCUT2D eigenvalue weighted by molar-refractivity contribution is 7.98. The molecule has 4 rings (SSSR count). The monoisotopic (exact) mass is 442 g/mol. The number of halogens is 1. The second-order valence-electron chi connectivity index (χ2n) is 6.40. The number of hydrogen-bond donors (Lipinski definition) is 0. The quantitative estimate of drug-likeness (QED) is 0.418. The zero-order chi connectivity index (χ0) is 19.0. The van der Waals surface area contributed by atoms with E-state index in [0.717, 1.165) is 52.2 Å². The van der Waals surface area contributed by atoms with Gasteiger partial charge in [0.15, 0.2) is 5.16 Å². The van der Waals surface area contributed by atoms with Crippen LogP contribution in [0.4, 0.5) is 0 Å². The molecule has 1 atom stereocenters. The molecule has 0 saturated carbocycles. The largest absolute Gasteiger partial charge is 0.376 e. The van der Waals surface area contributed by atoms with E-state index >= 15 is 0 Å². The Morgan fingerprint density at radius 3 is 2.96 bits per heavy atom. The van der Waals surface area contributed by atoms with E-state index in [1.54, 1.807) is 15.9 Å². The molecule has 0 aromatic carbocycles. The highest BCUT2D eigenvalue weighted by atomic mass is 35.5. The molecule has 0 spiro atoms. The van der Waals surface area contributed by atoms with Crippen molar-refractivity contribution in [3.8, 4) is 0 Å². The van der Waals surface area contributed by atoms with Crippen molar-refractivity contribution in [3.63, 3.8) is 0 Å². The highest BCUT2D eigenvalue weighted by Crippen LogP contribution is 2.32. The topological polar surface area (TPSA) is 69.9 Å². The number of aryl methyl sites for hydroxylation is 2. The Kier molecular flexibility index (Phi) is 5.84. The predicted octanol–water partition coefficient (Wildman–Crippen LogP) is 4.31. The summed E-state index contributed by atoms with van der Waals surface area (Å²) in [4.78, 5) is 20.2. The number of aromatic nitrogens is 4. The Bertz CT molecular complexity index is 1020. The maximum atomic E-state index is 13.4. The Morgan fingerprint density at radius 2 is 2.30 bits per heavy atom. The van der Waals surface area contributed by atoms with E-state index in [0.29, 0.717) is 21.8 Å². The van der Waals surface area contributed by atoms with Gasteiger partial charge in [0.05, 0.1) is 18.0 Å². The van der Waals surface area contributed by atoms with Crippen molar-refractivity contribution in [1.82, 2.24) is 19.1 Å². The molecule has 1 fully saturated rings. The molecule has 1 aliphatic rings. The normalized spacial score (nSPS) is 17.2. The van der Waals surface area contributed by atoms with Gasteiger partial charge in [-0.2, -0.15) is 0 Å². The van der Waals surface area contributed by atoms with Gasteiger partial charge < -0.3 is 4.74 Å². The predicted molar refractivity (Wildman–Crippen MR) is 111 cm³/mol. The van der Waals surface area contributed by atoms with Crippen molar-refractivity contribution in [2.24, 2.45) is 0 Å². The van der Waals surface area contributed by atoms with Crippen molar-refractivity contribution >= 4 is 56.4 Å². The maximum Gasteiger partial charge on any atom is 0.263 e. The first-order valence-electron chi connectivity index (χ1n) is 8.82. The maximum absolute atomic E-state index is 13.4. The smallest absolute Gasteiger partial charge is 0.263 e. The van der Waals surface area contributed by atoms with Crippen molar-refractivity contribution in [2.45, 2.75) is 56.7 Å². The van der Waals surface area contributed by atoms with Gasteiger partial charge >= 0.3 is 0 Å². The summed E-state index contributed by atoms with van der Waals surface area (Å²) in [5.74, 6) is 0.532. The Balaban J connectivity index is 1.77. The van der Waals surface area contributed by atoms with E-state index in [9.17, 15) is 4.79 Å². The Hall–Kier alpha value is -1.00. The second-order valence-corrected chi connectivity index (χ2v) is 9.90. The van der Waals surface area contributed by atoms with Gasteiger partial charge in [-0.15, -0.1) is 16.4 Å². The van der Waals surface area contributed by atoms with E-state index in [1.165, 1.54) is 23.3 Å². The van der Waals surface area contributed by atoms with Crippen LogP contribution < -0.4 is 5.56 Å². The molecule has 0 radical (unpaired) electrons. The second kappa shape index (κ2) is 8.16. The van der Waals surface area contributed by atoms with Crippen molar-refractivity contribution < 1.29 is 4.74 Å². The average molecular weight is 443 g/mol. The molecule has 0 N–H and O–H groups in total. The van der Waals surface area contributed by atoms with Gasteiger partial charge in [-0.25, -0.2) is 4.98 Å². The third kappa shape index (κ3) is 3.80. The minimum atomic E-state index is 0.0294. The first kappa shape index (κ1) is 19.3. The van der Waals surface area contributed by atoms with Crippen LogP contribution in [0.25, 0.3) is 10.2 Å². The van der Waals surface area contributed by atoms with Crippen molar-refractivity contribution in [1.29, 1.82) is 0 Å². The molecule has 0 amide bonds. The van der Waals surface area contributed by atoms with Crippen LogP contribution in [0.1, 0.15) is 35.9 Å². The SMILES string of the molecule is CCc1c(C)sc2nc(SCc3nnsc3Cl)n(C[C@H]3CCCO3)c(=O)c12. The van der Waals surface area contributed by atoms with Crippen LogP contribution in [0, 0.1) is 6.92 Å². The highest BCUT2D eigenvalue weighted by Gasteiger charge is 2.23. The fourth-order valence-electron chi connectivity index (χ4n) is 3.34. The van der Waals surface area contributed by atoms with Crippen molar-refractivity contribution in [3.05, 3.63) is 30.8 Å². The number of ether oxygens (including phenoxy) is 1. The molecule has 1 saturated heterocycles. The molecule has 0 bridgehead atoms. The number of thiophene rings is 1. The van der Waals surface area contributed by atoms with Gasteiger partial charge in [0, 0.05) is 28.8 Å². The van der Waals surface area contributed by atoms with Crippen molar-refractivity contribution in [2.75, 3.05) is 6.61 Å². The molecule has 3 aromatic rings. The minimum Gasteiger partial charge on any atom is -0.376 e. The van der Waals surface area contributed by atoms with Crippen LogP contribution >= 0.6 is 46.2 Å². The van der Waals surface area contributed by atoms with Crippen LogP contribution in [0.5, 0.6) is 0 Å². The lowest BCUT2D eigenvalue weighted by Crippen LogP contribution is -2.29. The van der Waals surface area contributed by atoms with Crippen LogP contribution in [0.2, 0.25) is 4.34 Å². The third-order valence-electron chi connectivity index (χ3n) is 4.69. The lowest BCUT2D eigenvalue weighted by molar-refractivity contribution is 0.0937. The van der Waals surface area contributed by atoms with Gasteiger partial charge in [0.2, 0.25) is 0 Å². The minimum absolute atomic E-state index is 0.0294. The molecule has 1 aliphatic heterocycles. The Labute approximate surface area is 174 Å². The van der Waals surface area contributed by atoms with Gasteiger partial charge in [-0.05, 0) is 31.7 Å². The summed E-state index contributed by atoms with van der Waals surface area (Å²) in [5, 5.41) is 5.51. The number of thioether (sulfide) groups is 1. The van der Waals surface area contributed by atoms with E-state index in [2.05, 4.69) is 23.4 Å². The van der Waals surface area contributed by atoms with Gasteiger partial charge in [-0.3, -0.25) is 9.36 Å². The summed E-state index contributed by atoms with van der Waals surface area (Å²) in [6.45, 7) is 5.43. The number of fused-ring (bicyclic) bond motifs is 1. The molecular formula is C17H19ClN4O2S3. The Morgan fingerprint density at radius 1 is 1.44 bits per heavy atom. The van der Waals surface area contributed by atoms with Gasteiger partial charge in [0.1, 0.15) is 14.9 Å². The van der Waals surface area contributed by atoms with Crippen LogP contribution in [-0.2, 0) is 23.5 Å². The van der Waals surface area contributed by atoms with Crippen LogP contribution in [0.15, 0.2) is 9.95 Å². The van der Waals surface area contributed by atoms with E-state index in [-0.39, 0.29) is 11.7 Å². The van der Waals surface area contributed by atoms with Gasteiger partial charge in [-0.1, -0.05) is 34.8 Å².